The third-order valence-corrected chi connectivity index (χ3v) is 3.96. The van der Waals surface area contributed by atoms with Gasteiger partial charge in [-0.1, -0.05) is 12.1 Å². The molecule has 1 aliphatic rings. The zero-order valence-electron chi connectivity index (χ0n) is 12.2. The number of aryl methyl sites for hydroxylation is 1. The van der Waals surface area contributed by atoms with Crippen molar-refractivity contribution in [2.45, 2.75) is 26.2 Å². The lowest BCUT2D eigenvalue weighted by Crippen LogP contribution is -2.49. The maximum atomic E-state index is 12.5. The number of allylic oxidation sites excluding steroid dienone is 1. The number of carboxylic acid groups (broad SMARTS) is 1. The van der Waals surface area contributed by atoms with Crippen LogP contribution >= 0.6 is 0 Å². The standard InChI is InChI=1S/C16H20N2O3/c1-3-8-16(15(20)21)9-5-10-18(11-16)14(19)13-7-4-6-12(2)17-13/h3-4,6-7H,1,5,8-11H2,2H3,(H,20,21). The minimum absolute atomic E-state index is 0.201. The average molecular weight is 288 g/mol. The predicted octanol–water partition coefficient (Wildman–Crippen LogP) is 2.27. The molecule has 0 bridgehead atoms. The highest BCUT2D eigenvalue weighted by Gasteiger charge is 2.42. The summed E-state index contributed by atoms with van der Waals surface area (Å²) in [6.45, 7) is 6.25. The third-order valence-electron chi connectivity index (χ3n) is 3.96. The van der Waals surface area contributed by atoms with Gasteiger partial charge in [0, 0.05) is 18.8 Å². The predicted molar refractivity (Wildman–Crippen MR) is 79.0 cm³/mol. The first-order chi connectivity index (χ1) is 9.98. The molecule has 0 aliphatic carbocycles. The van der Waals surface area contributed by atoms with E-state index in [0.717, 1.165) is 5.69 Å². The zero-order chi connectivity index (χ0) is 15.5. The van der Waals surface area contributed by atoms with Gasteiger partial charge in [0.2, 0.25) is 0 Å². The van der Waals surface area contributed by atoms with E-state index < -0.39 is 11.4 Å². The molecule has 1 N–H and O–H groups in total. The number of rotatable bonds is 4. The van der Waals surface area contributed by atoms with Crippen molar-refractivity contribution in [2.75, 3.05) is 13.1 Å². The van der Waals surface area contributed by atoms with Crippen molar-refractivity contribution in [3.8, 4) is 0 Å². The van der Waals surface area contributed by atoms with Gasteiger partial charge in [0.15, 0.2) is 0 Å². The number of carboxylic acids is 1. The van der Waals surface area contributed by atoms with Gasteiger partial charge in [-0.05, 0) is 38.3 Å². The van der Waals surface area contributed by atoms with Gasteiger partial charge in [-0.2, -0.15) is 0 Å². The molecule has 0 aromatic carbocycles. The Morgan fingerprint density at radius 1 is 1.52 bits per heavy atom. The normalized spacial score (nSPS) is 21.9. The molecule has 1 unspecified atom stereocenters. The molecule has 2 rings (SSSR count). The largest absolute Gasteiger partial charge is 0.481 e. The minimum Gasteiger partial charge on any atom is -0.481 e. The lowest BCUT2D eigenvalue weighted by atomic mass is 9.77. The van der Waals surface area contributed by atoms with Crippen LogP contribution in [-0.2, 0) is 4.79 Å². The maximum Gasteiger partial charge on any atom is 0.311 e. The second-order valence-electron chi connectivity index (χ2n) is 5.57. The van der Waals surface area contributed by atoms with Crippen LogP contribution in [0, 0.1) is 12.3 Å². The van der Waals surface area contributed by atoms with Gasteiger partial charge in [0.25, 0.3) is 5.91 Å². The van der Waals surface area contributed by atoms with E-state index in [4.69, 9.17) is 0 Å². The SMILES string of the molecule is C=CCC1(C(=O)O)CCCN(C(=O)c2cccc(C)n2)C1. The third kappa shape index (κ3) is 3.12. The number of amides is 1. The van der Waals surface area contributed by atoms with Crippen molar-refractivity contribution in [3.63, 3.8) is 0 Å². The fourth-order valence-corrected chi connectivity index (χ4v) is 2.83. The van der Waals surface area contributed by atoms with Crippen molar-refractivity contribution in [2.24, 2.45) is 5.41 Å². The van der Waals surface area contributed by atoms with E-state index in [-0.39, 0.29) is 12.5 Å². The quantitative estimate of drug-likeness (QED) is 0.863. The molecule has 1 atom stereocenters. The zero-order valence-corrected chi connectivity index (χ0v) is 12.2. The van der Waals surface area contributed by atoms with Gasteiger partial charge < -0.3 is 10.0 Å². The van der Waals surface area contributed by atoms with Crippen molar-refractivity contribution in [1.82, 2.24) is 9.88 Å². The first-order valence-corrected chi connectivity index (χ1v) is 7.06. The van der Waals surface area contributed by atoms with E-state index in [1.807, 2.05) is 13.0 Å². The van der Waals surface area contributed by atoms with E-state index in [0.29, 0.717) is 31.5 Å². The molecular formula is C16H20N2O3. The molecular weight excluding hydrogens is 268 g/mol. The molecule has 1 saturated heterocycles. The van der Waals surface area contributed by atoms with Gasteiger partial charge in [-0.3, -0.25) is 9.59 Å². The summed E-state index contributed by atoms with van der Waals surface area (Å²) in [6, 6.07) is 5.28. The number of piperidine rings is 1. The molecule has 2 heterocycles. The molecule has 0 radical (unpaired) electrons. The molecule has 1 fully saturated rings. The summed E-state index contributed by atoms with van der Waals surface area (Å²) in [7, 11) is 0. The van der Waals surface area contributed by atoms with Crippen LogP contribution in [0.25, 0.3) is 0 Å². The average Bonchev–Trinajstić information content (AvgIpc) is 2.47. The molecule has 5 heteroatoms. The number of nitrogens with zero attached hydrogens (tertiary/aromatic N) is 2. The van der Waals surface area contributed by atoms with Crippen LogP contribution in [0.3, 0.4) is 0 Å². The Morgan fingerprint density at radius 2 is 2.29 bits per heavy atom. The van der Waals surface area contributed by atoms with Gasteiger partial charge in [-0.25, -0.2) is 4.98 Å². The smallest absolute Gasteiger partial charge is 0.311 e. The first kappa shape index (κ1) is 15.2. The Hall–Kier alpha value is -2.17. The number of pyridine rings is 1. The van der Waals surface area contributed by atoms with Crippen LogP contribution in [0.2, 0.25) is 0 Å². The monoisotopic (exact) mass is 288 g/mol. The number of aliphatic carboxylic acids is 1. The molecule has 1 aliphatic heterocycles. The van der Waals surface area contributed by atoms with Gasteiger partial charge in [0.05, 0.1) is 5.41 Å². The Balaban J connectivity index is 2.22. The summed E-state index contributed by atoms with van der Waals surface area (Å²) in [5.74, 6) is -1.06. The molecule has 0 saturated carbocycles. The molecule has 112 valence electrons. The summed E-state index contributed by atoms with van der Waals surface area (Å²) < 4.78 is 0. The van der Waals surface area contributed by atoms with Crippen molar-refractivity contribution in [1.29, 1.82) is 0 Å². The highest BCUT2D eigenvalue weighted by atomic mass is 16.4. The highest BCUT2D eigenvalue weighted by molar-refractivity contribution is 5.93. The van der Waals surface area contributed by atoms with Gasteiger partial charge >= 0.3 is 5.97 Å². The van der Waals surface area contributed by atoms with E-state index in [9.17, 15) is 14.7 Å². The number of hydrogen-bond donors (Lipinski definition) is 1. The van der Waals surface area contributed by atoms with E-state index in [1.54, 1.807) is 23.1 Å². The number of carbonyl (C=O) groups excluding carboxylic acids is 1. The van der Waals surface area contributed by atoms with E-state index in [2.05, 4.69) is 11.6 Å². The van der Waals surface area contributed by atoms with Crippen LogP contribution in [0.15, 0.2) is 30.9 Å². The van der Waals surface area contributed by atoms with E-state index in [1.165, 1.54) is 0 Å². The summed E-state index contributed by atoms with van der Waals surface area (Å²) in [6.07, 6.45) is 3.23. The first-order valence-electron chi connectivity index (χ1n) is 7.06. The maximum absolute atomic E-state index is 12.5. The van der Waals surface area contributed by atoms with Crippen LogP contribution in [-0.4, -0.2) is 40.0 Å². The molecule has 1 aromatic heterocycles. The molecule has 0 spiro atoms. The number of carbonyl (C=O) groups is 2. The fraction of sp³-hybridized carbons (Fsp3) is 0.438. The molecule has 1 amide bonds. The van der Waals surface area contributed by atoms with Crippen molar-refractivity contribution < 1.29 is 14.7 Å². The van der Waals surface area contributed by atoms with Gasteiger partial charge in [-0.15, -0.1) is 6.58 Å². The topological polar surface area (TPSA) is 70.5 Å². The Labute approximate surface area is 124 Å². The Bertz CT molecular complexity index is 570. The summed E-state index contributed by atoms with van der Waals surface area (Å²) in [5.41, 5.74) is 0.225. The lowest BCUT2D eigenvalue weighted by Gasteiger charge is -2.39. The number of likely N-dealkylation sites (tertiary alicyclic amines) is 1. The van der Waals surface area contributed by atoms with Crippen molar-refractivity contribution in [3.05, 3.63) is 42.2 Å². The van der Waals surface area contributed by atoms with Crippen molar-refractivity contribution >= 4 is 11.9 Å². The Kier molecular flexibility index (Phi) is 4.40. The van der Waals surface area contributed by atoms with Gasteiger partial charge in [0.1, 0.15) is 5.69 Å². The molecule has 5 nitrogen and oxygen atoms in total. The summed E-state index contributed by atoms with van der Waals surface area (Å²) in [4.78, 5) is 30.0. The summed E-state index contributed by atoms with van der Waals surface area (Å²) in [5, 5.41) is 9.53. The lowest BCUT2D eigenvalue weighted by molar-refractivity contribution is -0.151. The van der Waals surface area contributed by atoms with Crippen LogP contribution in [0.1, 0.15) is 35.4 Å². The number of hydrogen-bond acceptors (Lipinski definition) is 3. The summed E-state index contributed by atoms with van der Waals surface area (Å²) >= 11 is 0. The second-order valence-corrected chi connectivity index (χ2v) is 5.57. The number of aromatic nitrogens is 1. The van der Waals surface area contributed by atoms with Crippen LogP contribution < -0.4 is 0 Å². The van der Waals surface area contributed by atoms with E-state index >= 15 is 0 Å². The molecule has 21 heavy (non-hydrogen) atoms. The minimum atomic E-state index is -0.917. The van der Waals surface area contributed by atoms with Crippen LogP contribution in [0.4, 0.5) is 0 Å². The van der Waals surface area contributed by atoms with Crippen LogP contribution in [0.5, 0.6) is 0 Å². The Morgan fingerprint density at radius 3 is 2.90 bits per heavy atom. The molecule has 1 aromatic rings. The second kappa shape index (κ2) is 6.08. The fourth-order valence-electron chi connectivity index (χ4n) is 2.83. The highest BCUT2D eigenvalue weighted by Crippen LogP contribution is 2.34.